The third-order valence-corrected chi connectivity index (χ3v) is 1.82. The zero-order valence-corrected chi connectivity index (χ0v) is 13.0. The zero-order valence-electron chi connectivity index (χ0n) is 9.37. The molecule has 0 aromatic carbocycles. The summed E-state index contributed by atoms with van der Waals surface area (Å²) in [4.78, 5) is 20.9. The monoisotopic (exact) mass is 339 g/mol. The molecule has 3 N–H and O–H groups in total. The first-order chi connectivity index (χ1) is 7.14. The Morgan fingerprint density at radius 1 is 1.35 bits per heavy atom. The summed E-state index contributed by atoms with van der Waals surface area (Å²) in [5.41, 5.74) is 4.53. The van der Waals surface area contributed by atoms with Gasteiger partial charge in [-0.3, -0.25) is 14.1 Å². The average molecular weight is 339 g/mol. The molecule has 2 amide bonds. The minimum Gasteiger partial charge on any atom is -0.366 e. The number of nitrogens with zero attached hydrogens (tertiary/aromatic N) is 1. The Hall–Kier alpha value is -0.566. The van der Waals surface area contributed by atoms with E-state index in [-0.39, 0.29) is 32.7 Å². The Bertz CT molecular complexity index is 379. The normalized spacial score (nSPS) is 8.82. The van der Waals surface area contributed by atoms with Crippen molar-refractivity contribution in [1.29, 1.82) is 0 Å². The number of carbonyl (C=O) groups is 2. The predicted octanol–water partition coefficient (Wildman–Crippen LogP) is -0.869. The molecule has 0 bridgehead atoms. The van der Waals surface area contributed by atoms with E-state index in [2.05, 4.69) is 18.9 Å². The Balaban J connectivity index is -0.000000280. The average Bonchev–Trinajstić information content (AvgIpc) is 2.14. The third-order valence-electron chi connectivity index (χ3n) is 1.11. The number of amides is 2. The van der Waals surface area contributed by atoms with Crippen molar-refractivity contribution >= 4 is 21.9 Å². The van der Waals surface area contributed by atoms with E-state index >= 15 is 0 Å². The van der Waals surface area contributed by atoms with E-state index in [9.17, 15) is 18.0 Å². The van der Waals surface area contributed by atoms with Gasteiger partial charge in [0.25, 0.3) is 10.1 Å². The van der Waals surface area contributed by atoms with Crippen LogP contribution in [0.3, 0.4) is 0 Å². The fourth-order valence-corrected chi connectivity index (χ4v) is 1.08. The van der Waals surface area contributed by atoms with E-state index in [1.807, 2.05) is 0 Å². The van der Waals surface area contributed by atoms with Crippen molar-refractivity contribution in [3.8, 4) is 0 Å². The van der Waals surface area contributed by atoms with Gasteiger partial charge in [-0.15, -0.1) is 0 Å². The third kappa shape index (κ3) is 18.0. The van der Waals surface area contributed by atoms with Gasteiger partial charge in [-0.2, -0.15) is 8.42 Å². The SMILES string of the molecule is C=CC(=O)N(C)CS(=O)(=O)O.C=CC(N)=O.[Y]. The first-order valence-corrected chi connectivity index (χ1v) is 5.49. The smallest absolute Gasteiger partial charge is 0.283 e. The van der Waals surface area contributed by atoms with Gasteiger partial charge in [-0.25, -0.2) is 0 Å². The van der Waals surface area contributed by atoms with Gasteiger partial charge in [0, 0.05) is 39.8 Å². The van der Waals surface area contributed by atoms with E-state index in [0.29, 0.717) is 0 Å². The number of rotatable bonds is 4. The summed E-state index contributed by atoms with van der Waals surface area (Å²) in [6, 6.07) is 0. The van der Waals surface area contributed by atoms with Gasteiger partial charge < -0.3 is 10.6 Å². The molecule has 0 rings (SSSR count). The maximum absolute atomic E-state index is 10.6. The molecule has 7 nitrogen and oxygen atoms in total. The number of carbonyl (C=O) groups excluding carboxylic acids is 2. The van der Waals surface area contributed by atoms with E-state index in [4.69, 9.17) is 4.55 Å². The van der Waals surface area contributed by atoms with Crippen LogP contribution in [0, 0.1) is 0 Å². The Morgan fingerprint density at radius 3 is 1.88 bits per heavy atom. The Kier molecular flexibility index (Phi) is 13.5. The summed E-state index contributed by atoms with van der Waals surface area (Å²) in [5.74, 6) is -1.75. The molecular weight excluding hydrogens is 325 g/mol. The molecule has 0 heterocycles. The number of hydrogen-bond acceptors (Lipinski definition) is 4. The minimum absolute atomic E-state index is 0. The van der Waals surface area contributed by atoms with Crippen molar-refractivity contribution in [2.45, 2.75) is 0 Å². The molecule has 0 fully saturated rings. The van der Waals surface area contributed by atoms with Crippen LogP contribution >= 0.6 is 0 Å². The fraction of sp³-hybridized carbons (Fsp3) is 0.250. The molecule has 17 heavy (non-hydrogen) atoms. The molecule has 0 aromatic heterocycles. The molecule has 0 aliphatic carbocycles. The summed E-state index contributed by atoms with van der Waals surface area (Å²) >= 11 is 0. The molecule has 0 atom stereocenters. The Labute approximate surface area is 125 Å². The van der Waals surface area contributed by atoms with Crippen LogP contribution in [-0.4, -0.2) is 42.6 Å². The van der Waals surface area contributed by atoms with Gasteiger partial charge >= 0.3 is 0 Å². The molecule has 0 saturated heterocycles. The van der Waals surface area contributed by atoms with Crippen molar-refractivity contribution in [2.24, 2.45) is 5.73 Å². The quantitative estimate of drug-likeness (QED) is 0.510. The predicted molar refractivity (Wildman–Crippen MR) is 58.8 cm³/mol. The second-order valence-electron chi connectivity index (χ2n) is 2.56. The van der Waals surface area contributed by atoms with E-state index in [0.717, 1.165) is 17.1 Å². The van der Waals surface area contributed by atoms with Gasteiger partial charge in [-0.1, -0.05) is 13.2 Å². The van der Waals surface area contributed by atoms with Crippen molar-refractivity contribution in [3.05, 3.63) is 25.3 Å². The standard InChI is InChI=1S/C5H9NO4S.C3H5NO.Y/c1-3-5(7)6(2)4-11(8,9)10;1-2-3(4)5;/h3H,1,4H2,2H3,(H,8,9,10);2H,1H2,(H2,4,5);. The zero-order chi connectivity index (χ0) is 13.4. The second-order valence-corrected chi connectivity index (χ2v) is 3.98. The van der Waals surface area contributed by atoms with Crippen LogP contribution in [0.1, 0.15) is 0 Å². The molecule has 0 unspecified atom stereocenters. The van der Waals surface area contributed by atoms with Gasteiger partial charge in [0.15, 0.2) is 0 Å². The molecule has 95 valence electrons. The fourth-order valence-electron chi connectivity index (χ4n) is 0.464. The van der Waals surface area contributed by atoms with Crippen molar-refractivity contribution in [2.75, 3.05) is 12.9 Å². The maximum Gasteiger partial charge on any atom is 0.283 e. The van der Waals surface area contributed by atoms with Crippen LogP contribution in [-0.2, 0) is 52.4 Å². The summed E-state index contributed by atoms with van der Waals surface area (Å²) in [7, 11) is -2.87. The number of nitrogens with two attached hydrogens (primary N) is 1. The molecule has 0 aliphatic rings. The molecular formula is C8H14N2O5SY. The summed E-state index contributed by atoms with van der Waals surface area (Å²) in [6.07, 6.45) is 2.02. The topological polar surface area (TPSA) is 118 Å². The maximum atomic E-state index is 10.6. The van der Waals surface area contributed by atoms with Crippen LogP contribution in [0.25, 0.3) is 0 Å². The summed E-state index contributed by atoms with van der Waals surface area (Å²) in [6.45, 7) is 6.23. The van der Waals surface area contributed by atoms with E-state index < -0.39 is 27.8 Å². The first-order valence-electron chi connectivity index (χ1n) is 3.88. The van der Waals surface area contributed by atoms with Gasteiger partial charge in [0.05, 0.1) is 0 Å². The van der Waals surface area contributed by atoms with Crippen LogP contribution < -0.4 is 5.73 Å². The van der Waals surface area contributed by atoms with E-state index in [1.165, 1.54) is 7.05 Å². The van der Waals surface area contributed by atoms with Crippen LogP contribution in [0.4, 0.5) is 0 Å². The van der Waals surface area contributed by atoms with Gasteiger partial charge in [0.1, 0.15) is 5.88 Å². The minimum atomic E-state index is -4.12. The largest absolute Gasteiger partial charge is 0.366 e. The number of primary amides is 1. The molecule has 0 aliphatic heterocycles. The molecule has 9 heteroatoms. The molecule has 0 aromatic rings. The Morgan fingerprint density at radius 2 is 1.71 bits per heavy atom. The molecule has 0 saturated carbocycles. The second kappa shape index (κ2) is 10.6. The van der Waals surface area contributed by atoms with E-state index in [1.54, 1.807) is 0 Å². The van der Waals surface area contributed by atoms with Crippen LogP contribution in [0.15, 0.2) is 25.3 Å². The van der Waals surface area contributed by atoms with Crippen LogP contribution in [0.2, 0.25) is 0 Å². The van der Waals surface area contributed by atoms with Crippen LogP contribution in [0.5, 0.6) is 0 Å². The van der Waals surface area contributed by atoms with Gasteiger partial charge in [-0.05, 0) is 12.2 Å². The summed E-state index contributed by atoms with van der Waals surface area (Å²) in [5, 5.41) is 0. The van der Waals surface area contributed by atoms with Crippen molar-refractivity contribution < 1.29 is 55.3 Å². The van der Waals surface area contributed by atoms with Crippen molar-refractivity contribution in [3.63, 3.8) is 0 Å². The first kappa shape index (κ1) is 21.7. The number of hydrogen-bond donors (Lipinski definition) is 2. The number of likely N-dealkylation sites (N-methyl/N-ethyl adjacent to an activating group) is 1. The summed E-state index contributed by atoms with van der Waals surface area (Å²) < 4.78 is 28.7. The molecule has 1 radical (unpaired) electrons. The van der Waals surface area contributed by atoms with Crippen molar-refractivity contribution in [1.82, 2.24) is 4.90 Å². The molecule has 0 spiro atoms. The van der Waals surface area contributed by atoms with Gasteiger partial charge in [0.2, 0.25) is 11.8 Å².